The summed E-state index contributed by atoms with van der Waals surface area (Å²) >= 11 is 5.82. The number of halogens is 5. The van der Waals surface area contributed by atoms with E-state index in [9.17, 15) is 22.4 Å². The lowest BCUT2D eigenvalue weighted by atomic mass is 10.1. The molecule has 11 nitrogen and oxygen atoms in total. The van der Waals surface area contributed by atoms with Crippen LogP contribution < -0.4 is 10.1 Å². The molecule has 294 valence electrons. The van der Waals surface area contributed by atoms with E-state index < -0.39 is 24.5 Å². The summed E-state index contributed by atoms with van der Waals surface area (Å²) in [5.74, 6) is 0.0781. The highest BCUT2D eigenvalue weighted by Gasteiger charge is 2.29. The number of piperidine rings is 1. The van der Waals surface area contributed by atoms with Gasteiger partial charge in [-0.3, -0.25) is 9.58 Å². The number of imidazole rings is 2. The van der Waals surface area contributed by atoms with Crippen LogP contribution in [0.4, 0.5) is 17.6 Å². The number of hydrogen-bond donors (Lipinski definition) is 1. The van der Waals surface area contributed by atoms with Gasteiger partial charge in [0.05, 0.1) is 54.9 Å². The number of likely N-dealkylation sites (tertiary alicyclic amines) is 1. The Balaban J connectivity index is 0.000000741. The number of rotatable bonds is 13. The van der Waals surface area contributed by atoms with Crippen LogP contribution in [0.1, 0.15) is 80.4 Å². The van der Waals surface area contributed by atoms with Crippen molar-refractivity contribution < 1.29 is 31.8 Å². The van der Waals surface area contributed by atoms with Gasteiger partial charge in [-0.05, 0) is 62.7 Å². The molecule has 5 aromatic rings. The second-order valence-electron chi connectivity index (χ2n) is 12.5. The largest absolute Gasteiger partial charge is 0.472 e. The molecule has 0 atom stereocenters. The number of nitrogens with zero attached hydrogens (tertiary/aromatic N) is 7. The number of carbonyl (C=O) groups is 1. The Labute approximate surface area is 318 Å². The third-order valence-electron chi connectivity index (χ3n) is 8.66. The van der Waals surface area contributed by atoms with E-state index in [4.69, 9.17) is 26.1 Å². The van der Waals surface area contributed by atoms with E-state index in [1.165, 1.54) is 25.8 Å². The average Bonchev–Trinajstić information content (AvgIpc) is 3.90. The number of benzene rings is 2. The fourth-order valence-electron chi connectivity index (χ4n) is 5.98. The minimum absolute atomic E-state index is 0.0254. The summed E-state index contributed by atoms with van der Waals surface area (Å²) in [7, 11) is 1.29. The van der Waals surface area contributed by atoms with Crippen molar-refractivity contribution in [3.63, 3.8) is 0 Å². The molecule has 1 N–H and O–H groups in total. The van der Waals surface area contributed by atoms with E-state index in [0.29, 0.717) is 51.1 Å². The van der Waals surface area contributed by atoms with E-state index in [2.05, 4.69) is 34.1 Å². The fourth-order valence-corrected chi connectivity index (χ4v) is 6.14. The zero-order chi connectivity index (χ0) is 39.3. The molecule has 6 rings (SSSR count). The van der Waals surface area contributed by atoms with E-state index >= 15 is 0 Å². The fraction of sp³-hybridized carbons (Fsp3) is 0.474. The Bertz CT molecular complexity index is 1910. The smallest absolute Gasteiger partial charge is 0.406 e. The van der Waals surface area contributed by atoms with Gasteiger partial charge in [0.1, 0.15) is 24.8 Å². The summed E-state index contributed by atoms with van der Waals surface area (Å²) < 4.78 is 69.1. The molecule has 0 aliphatic carbocycles. The van der Waals surface area contributed by atoms with E-state index in [1.54, 1.807) is 36.4 Å². The Morgan fingerprint density at radius 3 is 2.46 bits per heavy atom. The van der Waals surface area contributed by atoms with Gasteiger partial charge in [0.15, 0.2) is 0 Å². The normalized spacial score (nSPS) is 13.6. The van der Waals surface area contributed by atoms with Crippen molar-refractivity contribution in [3.8, 4) is 5.88 Å². The van der Waals surface area contributed by atoms with Crippen molar-refractivity contribution in [3.05, 3.63) is 94.7 Å². The van der Waals surface area contributed by atoms with Crippen LogP contribution in [0.25, 0.3) is 11.0 Å². The number of aromatic nitrogens is 6. The van der Waals surface area contributed by atoms with Crippen LogP contribution in [-0.2, 0) is 31.0 Å². The molecule has 0 spiro atoms. The predicted molar refractivity (Wildman–Crippen MR) is 200 cm³/mol. The summed E-state index contributed by atoms with van der Waals surface area (Å²) in [5, 5.41) is 8.05. The van der Waals surface area contributed by atoms with Gasteiger partial charge in [-0.2, -0.15) is 13.2 Å². The number of carbonyl (C=O) groups excluding carboxylic acids is 1. The summed E-state index contributed by atoms with van der Waals surface area (Å²) in [6, 6.07) is 11.3. The monoisotopic (exact) mass is 776 g/mol. The van der Waals surface area contributed by atoms with Gasteiger partial charge in [-0.15, -0.1) is 5.10 Å². The summed E-state index contributed by atoms with van der Waals surface area (Å²) in [4.78, 5) is 23.2. The lowest BCUT2D eigenvalue weighted by Crippen LogP contribution is -2.35. The first-order chi connectivity index (χ1) is 26.0. The number of alkyl halides is 3. The second kappa shape index (κ2) is 20.3. The van der Waals surface area contributed by atoms with Gasteiger partial charge in [0.25, 0.3) is 0 Å². The average molecular weight is 777 g/mol. The van der Waals surface area contributed by atoms with Crippen LogP contribution in [-0.4, -0.2) is 79.2 Å². The zero-order valence-electron chi connectivity index (χ0n) is 31.4. The van der Waals surface area contributed by atoms with E-state index in [-0.39, 0.29) is 19.2 Å². The number of fused-ring (bicyclic) bond motifs is 1. The van der Waals surface area contributed by atoms with Crippen molar-refractivity contribution in [1.82, 2.24) is 39.1 Å². The minimum atomic E-state index is -4.41. The second-order valence-corrected chi connectivity index (χ2v) is 12.9. The highest BCUT2D eigenvalue weighted by molar-refractivity contribution is 6.30. The van der Waals surface area contributed by atoms with Gasteiger partial charge in [0.2, 0.25) is 5.88 Å². The van der Waals surface area contributed by atoms with Gasteiger partial charge in [-0.1, -0.05) is 45.4 Å². The van der Waals surface area contributed by atoms with Crippen LogP contribution in [0.5, 0.6) is 5.88 Å². The van der Waals surface area contributed by atoms with Crippen molar-refractivity contribution >= 4 is 28.6 Å². The van der Waals surface area contributed by atoms with Gasteiger partial charge in [0, 0.05) is 42.1 Å². The Morgan fingerprint density at radius 1 is 1.06 bits per heavy atom. The predicted octanol–water partition coefficient (Wildman–Crippen LogP) is 8.07. The number of hydrogen-bond acceptors (Lipinski definition) is 8. The summed E-state index contributed by atoms with van der Waals surface area (Å²) in [6.07, 6.45) is 2.83. The highest BCUT2D eigenvalue weighted by atomic mass is 35.5. The van der Waals surface area contributed by atoms with Crippen LogP contribution in [0.3, 0.4) is 0 Å². The van der Waals surface area contributed by atoms with Crippen LogP contribution in [0, 0.1) is 5.82 Å². The molecular formula is C38H49ClF4N8O3. The summed E-state index contributed by atoms with van der Waals surface area (Å²) in [5.41, 5.74) is 2.27. The first-order valence-electron chi connectivity index (χ1n) is 18.2. The Kier molecular flexibility index (Phi) is 15.9. The van der Waals surface area contributed by atoms with Gasteiger partial charge in [-0.25, -0.2) is 19.2 Å². The Hall–Kier alpha value is -4.47. The number of esters is 1. The number of ether oxygens (including phenoxy) is 2. The molecule has 0 bridgehead atoms. The lowest BCUT2D eigenvalue weighted by molar-refractivity contribution is -0.141. The first kappa shape index (κ1) is 42.3. The molecule has 3 aromatic heterocycles. The molecule has 4 heterocycles. The third kappa shape index (κ3) is 11.8. The molecule has 2 aromatic carbocycles. The summed E-state index contributed by atoms with van der Waals surface area (Å²) in [6.45, 7) is 11.4. The zero-order valence-corrected chi connectivity index (χ0v) is 32.1. The van der Waals surface area contributed by atoms with Crippen molar-refractivity contribution in [2.45, 2.75) is 85.4 Å². The topological polar surface area (TPSA) is 104 Å². The maximum atomic E-state index is 14.1. The van der Waals surface area contributed by atoms with Crippen molar-refractivity contribution in [2.24, 2.45) is 0 Å². The van der Waals surface area contributed by atoms with Crippen molar-refractivity contribution in [2.75, 3.05) is 33.3 Å². The maximum Gasteiger partial charge on any atom is 0.406 e. The molecule has 0 saturated carbocycles. The molecule has 1 fully saturated rings. The van der Waals surface area contributed by atoms with E-state index in [1.807, 2.05) is 29.3 Å². The van der Waals surface area contributed by atoms with Gasteiger partial charge >= 0.3 is 12.1 Å². The molecule has 0 amide bonds. The molecular weight excluding hydrogens is 728 g/mol. The SMILES string of the molecule is CC.CCCNCC.COC(=O)c1ccc2nc(CN3CCC(n4ccc(OCc5ccc(Cl)cc5F)n4)CC3)n(Cc3cncn3CC(F)(F)F)c2c1. The quantitative estimate of drug-likeness (QED) is 0.0728. The van der Waals surface area contributed by atoms with E-state index in [0.717, 1.165) is 49.9 Å². The molecule has 0 radical (unpaired) electrons. The molecule has 1 aliphatic heterocycles. The number of nitrogens with one attached hydrogen (secondary N) is 1. The van der Waals surface area contributed by atoms with Crippen LogP contribution in [0.2, 0.25) is 5.02 Å². The molecule has 1 aliphatic rings. The molecule has 54 heavy (non-hydrogen) atoms. The number of methoxy groups -OCH3 is 1. The lowest BCUT2D eigenvalue weighted by Gasteiger charge is -2.31. The maximum absolute atomic E-state index is 14.1. The minimum Gasteiger partial charge on any atom is -0.472 e. The third-order valence-corrected chi connectivity index (χ3v) is 8.90. The van der Waals surface area contributed by atoms with Crippen LogP contribution >= 0.6 is 11.6 Å². The van der Waals surface area contributed by atoms with Gasteiger partial charge < -0.3 is 23.9 Å². The van der Waals surface area contributed by atoms with Crippen molar-refractivity contribution in [1.29, 1.82) is 0 Å². The molecule has 16 heteroatoms. The molecule has 0 unspecified atom stereocenters. The van der Waals surface area contributed by atoms with Crippen LogP contribution in [0.15, 0.2) is 61.2 Å². The highest BCUT2D eigenvalue weighted by Crippen LogP contribution is 2.27. The Morgan fingerprint density at radius 2 is 1.81 bits per heavy atom. The first-order valence-corrected chi connectivity index (χ1v) is 18.5. The standard InChI is InChI=1S/C31H30ClF4N7O3.C5H13N.C2H6/c1-45-30(44)20-3-5-26-27(12-20)42(15-24-14-37-19-41(24)18-31(34,35)36)28(38-26)16-40-9-6-23(7-10-40)43-11-8-29(39-43)46-17-21-2-4-22(32)13-25(21)33;1-3-5-6-4-2;1-2/h2-5,8,11-14,19,23H,6-7,9-10,15-18H2,1H3;6H,3-5H2,1-2H3;1-2H3. The molecule has 1 saturated heterocycles.